The van der Waals surface area contributed by atoms with Gasteiger partial charge in [0.15, 0.2) is 5.82 Å². The number of nitrogens with zero attached hydrogens (tertiary/aromatic N) is 4. The van der Waals surface area contributed by atoms with Crippen LogP contribution in [0.2, 0.25) is 0 Å². The third-order valence-corrected chi connectivity index (χ3v) is 6.04. The Morgan fingerprint density at radius 2 is 1.76 bits per heavy atom. The number of nitrogens with one attached hydrogen (secondary N) is 2. The molecule has 0 aliphatic carbocycles. The highest BCUT2D eigenvalue weighted by Gasteiger charge is 2.17. The van der Waals surface area contributed by atoms with Crippen molar-refractivity contribution in [1.82, 2.24) is 25.5 Å². The normalized spacial score (nSPS) is 11.7. The van der Waals surface area contributed by atoms with Crippen LogP contribution in [0.25, 0.3) is 33.2 Å². The minimum absolute atomic E-state index is 0.0701. The van der Waals surface area contributed by atoms with Crippen molar-refractivity contribution < 1.29 is 15.0 Å². The molecule has 3 heterocycles. The lowest BCUT2D eigenvalue weighted by Crippen LogP contribution is -2.33. The Morgan fingerprint density at radius 1 is 0.921 bits per heavy atom. The molecule has 0 fully saturated rings. The van der Waals surface area contributed by atoms with Crippen molar-refractivity contribution in [1.29, 1.82) is 0 Å². The summed E-state index contributed by atoms with van der Waals surface area (Å²) in [4.78, 5) is 21.3. The number of hydrogen-bond donors (Lipinski definition) is 4. The molecule has 9 heteroatoms. The van der Waals surface area contributed by atoms with Crippen molar-refractivity contribution in [2.75, 3.05) is 18.5 Å². The number of amides is 1. The van der Waals surface area contributed by atoms with E-state index in [2.05, 4.69) is 30.8 Å². The number of pyridine rings is 2. The molecule has 0 aliphatic rings. The van der Waals surface area contributed by atoms with E-state index in [1.807, 2.05) is 66.7 Å². The first-order chi connectivity index (χ1) is 18.6. The fourth-order valence-corrected chi connectivity index (χ4v) is 4.15. The van der Waals surface area contributed by atoms with E-state index in [0.717, 1.165) is 27.6 Å². The molecule has 1 unspecified atom stereocenters. The molecule has 3 aromatic heterocycles. The van der Waals surface area contributed by atoms with Crippen LogP contribution < -0.4 is 10.6 Å². The van der Waals surface area contributed by atoms with E-state index in [4.69, 9.17) is 5.11 Å². The molecular weight excluding hydrogens is 480 g/mol. The summed E-state index contributed by atoms with van der Waals surface area (Å²) in [5.41, 5.74) is 4.41. The molecule has 0 spiro atoms. The maximum atomic E-state index is 12.6. The van der Waals surface area contributed by atoms with Crippen molar-refractivity contribution >= 4 is 22.5 Å². The zero-order valence-corrected chi connectivity index (χ0v) is 20.5. The summed E-state index contributed by atoms with van der Waals surface area (Å²) in [6.07, 6.45) is 3.80. The van der Waals surface area contributed by atoms with E-state index < -0.39 is 18.6 Å². The van der Waals surface area contributed by atoms with Crippen molar-refractivity contribution in [2.24, 2.45) is 0 Å². The Balaban J connectivity index is 1.58. The van der Waals surface area contributed by atoms with Gasteiger partial charge in [-0.15, -0.1) is 10.2 Å². The van der Waals surface area contributed by atoms with Gasteiger partial charge in [-0.1, -0.05) is 54.6 Å². The predicted molar refractivity (Wildman–Crippen MR) is 145 cm³/mol. The molecule has 9 nitrogen and oxygen atoms in total. The summed E-state index contributed by atoms with van der Waals surface area (Å²) in [5.74, 6) is 0.205. The van der Waals surface area contributed by atoms with Crippen LogP contribution >= 0.6 is 0 Å². The van der Waals surface area contributed by atoms with Gasteiger partial charge in [0.05, 0.1) is 30.5 Å². The van der Waals surface area contributed by atoms with E-state index in [0.29, 0.717) is 29.2 Å². The van der Waals surface area contributed by atoms with Crippen molar-refractivity contribution in [2.45, 2.75) is 12.6 Å². The molecule has 0 aliphatic heterocycles. The maximum Gasteiger partial charge on any atom is 0.252 e. The highest BCUT2D eigenvalue weighted by Crippen LogP contribution is 2.37. The molecule has 0 bridgehead atoms. The molecule has 4 N–H and O–H groups in total. The van der Waals surface area contributed by atoms with Gasteiger partial charge < -0.3 is 20.8 Å². The number of carbonyl (C=O) groups excluding carboxylic acids is 1. The third kappa shape index (κ3) is 5.49. The third-order valence-electron chi connectivity index (χ3n) is 6.04. The molecule has 1 atom stereocenters. The molecular formula is C29H26N6O3. The number of aliphatic hydroxyl groups is 2. The Hall–Kier alpha value is -4.73. The van der Waals surface area contributed by atoms with E-state index in [1.54, 1.807) is 18.5 Å². The molecule has 0 radical (unpaired) electrons. The fraction of sp³-hybridized carbons (Fsp3) is 0.138. The SMILES string of the molecule is O=C(NCC(O)CO)c1cncc(-c2nnc(NCc3ccccn3)c3c(-c4ccccc4)cccc23)c1. The van der Waals surface area contributed by atoms with Crippen LogP contribution in [0.5, 0.6) is 0 Å². The van der Waals surface area contributed by atoms with Crippen LogP contribution in [-0.4, -0.2) is 55.5 Å². The predicted octanol–water partition coefficient (Wildman–Crippen LogP) is 3.45. The number of benzene rings is 2. The first-order valence-corrected chi connectivity index (χ1v) is 12.1. The van der Waals surface area contributed by atoms with Crippen LogP contribution in [-0.2, 0) is 6.54 Å². The van der Waals surface area contributed by atoms with Gasteiger partial charge in [-0.05, 0) is 29.3 Å². The molecule has 5 rings (SSSR count). The summed E-state index contributed by atoms with van der Waals surface area (Å²) in [5, 5.41) is 35.4. The monoisotopic (exact) mass is 506 g/mol. The van der Waals surface area contributed by atoms with Gasteiger partial charge in [0.2, 0.25) is 0 Å². The van der Waals surface area contributed by atoms with Gasteiger partial charge in [0.1, 0.15) is 5.69 Å². The van der Waals surface area contributed by atoms with Crippen LogP contribution in [0, 0.1) is 0 Å². The number of carbonyl (C=O) groups is 1. The highest BCUT2D eigenvalue weighted by molar-refractivity contribution is 6.08. The lowest BCUT2D eigenvalue weighted by molar-refractivity contribution is 0.0802. The summed E-state index contributed by atoms with van der Waals surface area (Å²) >= 11 is 0. The average Bonchev–Trinajstić information content (AvgIpc) is 2.99. The largest absolute Gasteiger partial charge is 0.394 e. The zero-order valence-electron chi connectivity index (χ0n) is 20.5. The minimum Gasteiger partial charge on any atom is -0.394 e. The number of fused-ring (bicyclic) bond motifs is 1. The Labute approximate surface area is 219 Å². The van der Waals surface area contributed by atoms with E-state index in [-0.39, 0.29) is 6.54 Å². The fourth-order valence-electron chi connectivity index (χ4n) is 4.15. The van der Waals surface area contributed by atoms with Crippen molar-refractivity contribution in [3.05, 3.63) is 103 Å². The molecule has 38 heavy (non-hydrogen) atoms. The van der Waals surface area contributed by atoms with Crippen molar-refractivity contribution in [3.8, 4) is 22.4 Å². The Kier molecular flexibility index (Phi) is 7.58. The molecule has 1 amide bonds. The first kappa shape index (κ1) is 24.9. The highest BCUT2D eigenvalue weighted by atomic mass is 16.3. The summed E-state index contributed by atoms with van der Waals surface area (Å²) < 4.78 is 0. The van der Waals surface area contributed by atoms with Crippen LogP contribution in [0.4, 0.5) is 5.82 Å². The topological polar surface area (TPSA) is 133 Å². The molecule has 190 valence electrons. The number of rotatable bonds is 9. The molecule has 5 aromatic rings. The van der Waals surface area contributed by atoms with E-state index in [9.17, 15) is 9.90 Å². The second-order valence-corrected chi connectivity index (χ2v) is 8.67. The molecule has 0 saturated heterocycles. The number of aromatic nitrogens is 4. The number of anilines is 1. The minimum atomic E-state index is -1.03. The standard InChI is InChI=1S/C29H26N6O3/c36-18-23(37)17-33-29(38)21-13-20(14-30-15-21)27-25-11-6-10-24(19-7-2-1-3-8-19)26(25)28(35-34-27)32-16-22-9-4-5-12-31-22/h1-15,23,36-37H,16-18H2,(H,32,35)(H,33,38). The van der Waals surface area contributed by atoms with Crippen LogP contribution in [0.15, 0.2) is 91.4 Å². The van der Waals surface area contributed by atoms with Crippen LogP contribution in [0.1, 0.15) is 16.1 Å². The van der Waals surface area contributed by atoms with Gasteiger partial charge in [0.25, 0.3) is 5.91 Å². The lowest BCUT2D eigenvalue weighted by atomic mass is 9.96. The second kappa shape index (κ2) is 11.5. The average molecular weight is 507 g/mol. The number of hydrogen-bond acceptors (Lipinski definition) is 8. The zero-order chi connectivity index (χ0) is 26.3. The summed E-state index contributed by atoms with van der Waals surface area (Å²) in [6.45, 7) is -0.0338. The summed E-state index contributed by atoms with van der Waals surface area (Å²) in [7, 11) is 0. The second-order valence-electron chi connectivity index (χ2n) is 8.67. The van der Waals surface area contributed by atoms with Gasteiger partial charge in [-0.2, -0.15) is 0 Å². The maximum absolute atomic E-state index is 12.6. The molecule has 0 saturated carbocycles. The van der Waals surface area contributed by atoms with E-state index >= 15 is 0 Å². The quantitative estimate of drug-likeness (QED) is 0.239. The Bertz CT molecular complexity index is 1550. The Morgan fingerprint density at radius 3 is 2.55 bits per heavy atom. The van der Waals surface area contributed by atoms with Gasteiger partial charge in [-0.3, -0.25) is 14.8 Å². The van der Waals surface area contributed by atoms with Gasteiger partial charge in [0, 0.05) is 41.5 Å². The van der Waals surface area contributed by atoms with Crippen LogP contribution in [0.3, 0.4) is 0 Å². The number of aliphatic hydroxyl groups excluding tert-OH is 2. The summed E-state index contributed by atoms with van der Waals surface area (Å²) in [6, 6.07) is 23.5. The van der Waals surface area contributed by atoms with E-state index in [1.165, 1.54) is 6.20 Å². The first-order valence-electron chi connectivity index (χ1n) is 12.1. The van der Waals surface area contributed by atoms with Gasteiger partial charge in [-0.25, -0.2) is 0 Å². The molecule has 2 aromatic carbocycles. The smallest absolute Gasteiger partial charge is 0.252 e. The van der Waals surface area contributed by atoms with Crippen molar-refractivity contribution in [3.63, 3.8) is 0 Å². The van der Waals surface area contributed by atoms with Gasteiger partial charge >= 0.3 is 0 Å². The lowest BCUT2D eigenvalue weighted by Gasteiger charge is -2.15.